The summed E-state index contributed by atoms with van der Waals surface area (Å²) >= 11 is 0. The van der Waals surface area contributed by atoms with Crippen molar-refractivity contribution >= 4 is 32.8 Å². The number of H-pyrrole nitrogens is 1. The van der Waals surface area contributed by atoms with Crippen LogP contribution in [-0.2, 0) is 5.41 Å². The summed E-state index contributed by atoms with van der Waals surface area (Å²) in [5.74, 6) is 1.02. The third kappa shape index (κ3) is 3.69. The van der Waals surface area contributed by atoms with Gasteiger partial charge in [0.2, 0.25) is 0 Å². The molecule has 0 aliphatic heterocycles. The molecule has 1 N–H and O–H groups in total. The van der Waals surface area contributed by atoms with E-state index in [2.05, 4.69) is 120 Å². The van der Waals surface area contributed by atoms with Gasteiger partial charge in [-0.25, -0.2) is 4.98 Å². The zero-order valence-corrected chi connectivity index (χ0v) is 21.7. The molecule has 0 fully saturated rings. The number of nitrogens with zero attached hydrogens (tertiary/aromatic N) is 3. The highest BCUT2D eigenvalue weighted by Crippen LogP contribution is 2.35. The molecule has 4 heterocycles. The molecule has 7 aromatic rings. The summed E-state index contributed by atoms with van der Waals surface area (Å²) in [6, 6.07) is 36.3. The largest absolute Gasteiger partial charge is 0.341 e. The summed E-state index contributed by atoms with van der Waals surface area (Å²) in [6.45, 7) is 6.76. The first-order chi connectivity index (χ1) is 18.5. The highest BCUT2D eigenvalue weighted by Gasteiger charge is 2.18. The van der Waals surface area contributed by atoms with Gasteiger partial charge in [0, 0.05) is 39.0 Å². The molecule has 0 amide bonds. The predicted octanol–water partition coefficient (Wildman–Crippen LogP) is 8.69. The number of benzene rings is 3. The maximum absolute atomic E-state index is 5.24. The predicted molar refractivity (Wildman–Crippen MR) is 158 cm³/mol. The summed E-state index contributed by atoms with van der Waals surface area (Å²) in [4.78, 5) is 13.4. The molecule has 4 aromatic heterocycles. The normalized spacial score (nSPS) is 12.1. The average Bonchev–Trinajstić information content (AvgIpc) is 3.51. The van der Waals surface area contributed by atoms with Crippen LogP contribution in [0.1, 0.15) is 26.3 Å². The molecule has 0 aliphatic carbocycles. The lowest BCUT2D eigenvalue weighted by Gasteiger charge is -2.18. The third-order valence-electron chi connectivity index (χ3n) is 7.35. The minimum atomic E-state index is 0.0960. The Balaban J connectivity index is 1.43. The Kier molecular flexibility index (Phi) is 4.98. The van der Waals surface area contributed by atoms with Gasteiger partial charge in [0.25, 0.3) is 0 Å². The molecule has 38 heavy (non-hydrogen) atoms. The van der Waals surface area contributed by atoms with E-state index in [9.17, 15) is 0 Å². The lowest BCUT2D eigenvalue weighted by Crippen LogP contribution is -2.10. The minimum absolute atomic E-state index is 0.0960. The van der Waals surface area contributed by atoms with E-state index in [1.807, 2.05) is 24.4 Å². The van der Waals surface area contributed by atoms with Crippen LogP contribution in [0.3, 0.4) is 0 Å². The Hall–Kier alpha value is -4.70. The summed E-state index contributed by atoms with van der Waals surface area (Å²) in [6.07, 6.45) is 1.83. The van der Waals surface area contributed by atoms with Crippen LogP contribution in [0.4, 0.5) is 0 Å². The Bertz CT molecular complexity index is 1950. The van der Waals surface area contributed by atoms with Crippen molar-refractivity contribution in [3.63, 3.8) is 0 Å². The zero-order valence-electron chi connectivity index (χ0n) is 21.7. The molecular formula is C34H28N4. The van der Waals surface area contributed by atoms with E-state index in [-0.39, 0.29) is 5.41 Å². The first-order valence-corrected chi connectivity index (χ1v) is 13.0. The quantitative estimate of drug-likeness (QED) is 0.268. The van der Waals surface area contributed by atoms with E-state index in [0.717, 1.165) is 50.4 Å². The molecule has 7 rings (SSSR count). The van der Waals surface area contributed by atoms with Crippen LogP contribution in [0, 0.1) is 0 Å². The number of hydrogen-bond donors (Lipinski definition) is 1. The molecule has 0 saturated carbocycles. The van der Waals surface area contributed by atoms with E-state index in [0.29, 0.717) is 0 Å². The highest BCUT2D eigenvalue weighted by molar-refractivity contribution is 6.08. The van der Waals surface area contributed by atoms with E-state index in [4.69, 9.17) is 4.98 Å². The average molecular weight is 493 g/mol. The van der Waals surface area contributed by atoms with E-state index >= 15 is 0 Å². The van der Waals surface area contributed by atoms with Crippen LogP contribution in [0.2, 0.25) is 0 Å². The molecule has 0 spiro atoms. The number of nitrogens with one attached hydrogen (secondary N) is 1. The fourth-order valence-electron chi connectivity index (χ4n) is 5.32. The molecule has 0 atom stereocenters. The van der Waals surface area contributed by atoms with Gasteiger partial charge in [0.1, 0.15) is 11.5 Å². The zero-order chi connectivity index (χ0) is 25.9. The molecule has 4 heteroatoms. The van der Waals surface area contributed by atoms with Crippen molar-refractivity contribution in [1.29, 1.82) is 0 Å². The van der Waals surface area contributed by atoms with Gasteiger partial charge in [0.05, 0.1) is 16.9 Å². The minimum Gasteiger partial charge on any atom is -0.341 e. The van der Waals surface area contributed by atoms with Crippen molar-refractivity contribution in [2.75, 3.05) is 0 Å². The van der Waals surface area contributed by atoms with Crippen LogP contribution in [0.5, 0.6) is 0 Å². The smallest absolute Gasteiger partial charge is 0.147 e. The number of hydrogen-bond acceptors (Lipinski definition) is 2. The molecule has 0 aliphatic rings. The number of rotatable bonds is 3. The maximum Gasteiger partial charge on any atom is 0.147 e. The van der Waals surface area contributed by atoms with Gasteiger partial charge in [-0.05, 0) is 65.6 Å². The third-order valence-corrected chi connectivity index (χ3v) is 7.35. The van der Waals surface area contributed by atoms with E-state index < -0.39 is 0 Å². The second-order valence-corrected chi connectivity index (χ2v) is 10.9. The summed E-state index contributed by atoms with van der Waals surface area (Å²) in [7, 11) is 0. The highest BCUT2D eigenvalue weighted by atomic mass is 15.1. The first-order valence-electron chi connectivity index (χ1n) is 13.0. The standard InChI is InChI=1S/C34H28N4/c1-34(2,3)25-14-16-30-24(20-25)21-32(36-30)38-31-13-5-4-11-26(31)27-15-17-29(37-33(27)38)23-10-8-9-22(19-23)28-12-6-7-18-35-28/h4-21,36H,1-3H3. The number of fused-ring (bicyclic) bond motifs is 4. The lowest BCUT2D eigenvalue weighted by atomic mass is 9.86. The van der Waals surface area contributed by atoms with Crippen LogP contribution in [-0.4, -0.2) is 19.5 Å². The van der Waals surface area contributed by atoms with Gasteiger partial charge >= 0.3 is 0 Å². The van der Waals surface area contributed by atoms with Gasteiger partial charge in [-0.2, -0.15) is 0 Å². The van der Waals surface area contributed by atoms with Crippen molar-refractivity contribution in [3.8, 4) is 28.3 Å². The van der Waals surface area contributed by atoms with Crippen molar-refractivity contribution in [1.82, 2.24) is 19.5 Å². The molecule has 4 nitrogen and oxygen atoms in total. The van der Waals surface area contributed by atoms with Crippen LogP contribution >= 0.6 is 0 Å². The van der Waals surface area contributed by atoms with Gasteiger partial charge in [-0.3, -0.25) is 9.55 Å². The molecule has 0 bridgehead atoms. The van der Waals surface area contributed by atoms with Crippen molar-refractivity contribution in [2.45, 2.75) is 26.2 Å². The topological polar surface area (TPSA) is 46.5 Å². The molecule has 184 valence electrons. The monoisotopic (exact) mass is 492 g/mol. The summed E-state index contributed by atoms with van der Waals surface area (Å²) in [5, 5.41) is 3.54. The maximum atomic E-state index is 5.24. The number of pyridine rings is 2. The Morgan fingerprint density at radius 2 is 1.50 bits per heavy atom. The summed E-state index contributed by atoms with van der Waals surface area (Å²) < 4.78 is 2.26. The SMILES string of the molecule is CC(C)(C)c1ccc2[nH]c(-n3c4ccccc4c4ccc(-c5cccc(-c6ccccn6)c5)nc43)cc2c1. The van der Waals surface area contributed by atoms with E-state index in [1.54, 1.807) is 0 Å². The lowest BCUT2D eigenvalue weighted by molar-refractivity contribution is 0.591. The van der Waals surface area contributed by atoms with Gasteiger partial charge < -0.3 is 4.98 Å². The Labute approximate surface area is 221 Å². The first kappa shape index (κ1) is 22.5. The molecular weight excluding hydrogens is 464 g/mol. The van der Waals surface area contributed by atoms with Crippen LogP contribution in [0.15, 0.2) is 109 Å². The second-order valence-electron chi connectivity index (χ2n) is 10.9. The fourth-order valence-corrected chi connectivity index (χ4v) is 5.32. The Morgan fingerprint density at radius 3 is 2.32 bits per heavy atom. The van der Waals surface area contributed by atoms with Gasteiger partial charge in [-0.1, -0.05) is 69.3 Å². The molecule has 3 aromatic carbocycles. The van der Waals surface area contributed by atoms with E-state index in [1.165, 1.54) is 16.3 Å². The molecule has 0 unspecified atom stereocenters. The second kappa shape index (κ2) is 8.42. The Morgan fingerprint density at radius 1 is 0.684 bits per heavy atom. The fraction of sp³-hybridized carbons (Fsp3) is 0.118. The van der Waals surface area contributed by atoms with Crippen molar-refractivity contribution in [2.24, 2.45) is 0 Å². The molecule has 0 saturated heterocycles. The number of aromatic nitrogens is 4. The van der Waals surface area contributed by atoms with Gasteiger partial charge in [-0.15, -0.1) is 0 Å². The van der Waals surface area contributed by atoms with Crippen molar-refractivity contribution in [3.05, 3.63) is 115 Å². The summed E-state index contributed by atoms with van der Waals surface area (Å²) in [5.41, 5.74) is 8.66. The molecule has 0 radical (unpaired) electrons. The number of aromatic amines is 1. The number of para-hydroxylation sites is 1. The van der Waals surface area contributed by atoms with Crippen molar-refractivity contribution < 1.29 is 0 Å². The van der Waals surface area contributed by atoms with Gasteiger partial charge in [0.15, 0.2) is 0 Å². The van der Waals surface area contributed by atoms with Crippen LogP contribution in [0.25, 0.3) is 61.2 Å². The van der Waals surface area contributed by atoms with Crippen LogP contribution < -0.4 is 0 Å².